The second-order valence-corrected chi connectivity index (χ2v) is 8.22. The number of amides is 1. The second kappa shape index (κ2) is 16.8. The topological polar surface area (TPSA) is 120 Å². The summed E-state index contributed by atoms with van der Waals surface area (Å²) in [5.41, 5.74) is 15.5. The van der Waals surface area contributed by atoms with Crippen molar-refractivity contribution in [3.8, 4) is 11.4 Å². The van der Waals surface area contributed by atoms with Crippen molar-refractivity contribution in [3.05, 3.63) is 83.3 Å². The van der Waals surface area contributed by atoms with Crippen LogP contribution >= 0.6 is 0 Å². The minimum Gasteiger partial charge on any atom is -0.383 e. The van der Waals surface area contributed by atoms with E-state index in [0.717, 1.165) is 43.2 Å². The number of primary amides is 1. The molecule has 0 aliphatic heterocycles. The van der Waals surface area contributed by atoms with Crippen LogP contribution in [0.15, 0.2) is 70.2 Å². The predicted octanol–water partition coefficient (Wildman–Crippen LogP) is 6.26. The number of rotatable bonds is 10. The van der Waals surface area contributed by atoms with E-state index in [1.807, 2.05) is 51.1 Å². The second-order valence-electron chi connectivity index (χ2n) is 8.22. The van der Waals surface area contributed by atoms with E-state index >= 15 is 0 Å². The van der Waals surface area contributed by atoms with Gasteiger partial charge in [-0.25, -0.2) is 0 Å². The molecule has 7 nitrogen and oxygen atoms in total. The molecule has 0 saturated heterocycles. The third kappa shape index (κ3) is 10.7. The van der Waals surface area contributed by atoms with Gasteiger partial charge in [-0.3, -0.25) is 9.79 Å². The molecular weight excluding hydrogens is 450 g/mol. The van der Waals surface area contributed by atoms with Crippen molar-refractivity contribution in [2.24, 2.45) is 16.5 Å². The fourth-order valence-electron chi connectivity index (χ4n) is 3.06. The zero-order valence-electron chi connectivity index (χ0n) is 22.4. The van der Waals surface area contributed by atoms with E-state index in [1.165, 1.54) is 5.56 Å². The SMILES string of the molecule is C=C(C)CCc1nc(-c2ccc(C)cc2)no1.CC.CCCCCN=C(N)c1ccccc1C(N)=O. The zero-order valence-corrected chi connectivity index (χ0v) is 22.4. The quantitative estimate of drug-likeness (QED) is 0.150. The predicted molar refractivity (Wildman–Crippen MR) is 149 cm³/mol. The van der Waals surface area contributed by atoms with Crippen LogP contribution in [0.25, 0.3) is 11.4 Å². The number of carbonyl (C=O) groups excluding carboxylic acids is 1. The monoisotopic (exact) mass is 491 g/mol. The Kier molecular flexibility index (Phi) is 14.1. The van der Waals surface area contributed by atoms with Gasteiger partial charge in [-0.05, 0) is 32.8 Å². The van der Waals surface area contributed by atoms with Gasteiger partial charge in [-0.2, -0.15) is 4.98 Å². The van der Waals surface area contributed by atoms with Gasteiger partial charge >= 0.3 is 0 Å². The van der Waals surface area contributed by atoms with E-state index in [1.54, 1.807) is 18.2 Å². The van der Waals surface area contributed by atoms with Crippen LogP contribution in [0.4, 0.5) is 0 Å². The Balaban J connectivity index is 0.000000337. The first kappa shape index (κ1) is 30.3. The highest BCUT2D eigenvalue weighted by molar-refractivity contribution is 6.08. The van der Waals surface area contributed by atoms with Gasteiger partial charge in [0.05, 0.1) is 0 Å². The summed E-state index contributed by atoms with van der Waals surface area (Å²) in [6.07, 6.45) is 4.93. The minimum absolute atomic E-state index is 0.385. The number of nitrogens with zero attached hydrogens (tertiary/aromatic N) is 3. The Hall–Kier alpha value is -3.74. The Morgan fingerprint density at radius 3 is 2.25 bits per heavy atom. The van der Waals surface area contributed by atoms with Crippen molar-refractivity contribution < 1.29 is 9.32 Å². The van der Waals surface area contributed by atoms with Crippen LogP contribution in [0, 0.1) is 6.92 Å². The van der Waals surface area contributed by atoms with Crippen molar-refractivity contribution in [3.63, 3.8) is 0 Å². The van der Waals surface area contributed by atoms with Gasteiger partial charge in [0, 0.05) is 29.7 Å². The number of allylic oxidation sites excluding steroid dienone is 1. The van der Waals surface area contributed by atoms with E-state index < -0.39 is 5.91 Å². The fraction of sp³-hybridized carbons (Fsp3) is 0.379. The molecule has 0 saturated carbocycles. The van der Waals surface area contributed by atoms with E-state index in [0.29, 0.717) is 35.2 Å². The van der Waals surface area contributed by atoms with Crippen LogP contribution in [-0.4, -0.2) is 28.4 Å². The van der Waals surface area contributed by atoms with Gasteiger partial charge in [0.15, 0.2) is 0 Å². The molecule has 7 heteroatoms. The molecular formula is C29H41N5O2. The first-order valence-electron chi connectivity index (χ1n) is 12.5. The standard InChI is InChI=1S/C14H16N2O.C13H19N3O.C2H6/c1-10(2)4-9-13-15-14(16-17-13)12-7-5-11(3)6-8-12;1-2-3-6-9-16-12(14)10-7-4-5-8-11(10)13(15)17;1-2/h5-8H,1,4,9H2,2-3H3;4-5,7-8H,2-3,6,9H2,1H3,(H2,14,16)(H2,15,17);1-2H3. The van der Waals surface area contributed by atoms with Crippen LogP contribution < -0.4 is 11.5 Å². The summed E-state index contributed by atoms with van der Waals surface area (Å²) in [4.78, 5) is 19.8. The minimum atomic E-state index is -0.479. The Labute approximate surface area is 215 Å². The molecule has 0 bridgehead atoms. The molecule has 1 heterocycles. The largest absolute Gasteiger partial charge is 0.383 e. The van der Waals surface area contributed by atoms with E-state index in [2.05, 4.69) is 35.6 Å². The molecule has 0 spiro atoms. The summed E-state index contributed by atoms with van der Waals surface area (Å²) in [5.74, 6) is 1.23. The van der Waals surface area contributed by atoms with Crippen molar-refractivity contribution >= 4 is 11.7 Å². The molecule has 0 fully saturated rings. The lowest BCUT2D eigenvalue weighted by atomic mass is 10.1. The molecule has 0 atom stereocenters. The van der Waals surface area contributed by atoms with Gasteiger partial charge in [-0.1, -0.05) is 92.4 Å². The smallest absolute Gasteiger partial charge is 0.249 e. The van der Waals surface area contributed by atoms with Gasteiger partial charge in [0.25, 0.3) is 0 Å². The average Bonchev–Trinajstić information content (AvgIpc) is 3.36. The summed E-state index contributed by atoms with van der Waals surface area (Å²) >= 11 is 0. The van der Waals surface area contributed by atoms with Crippen molar-refractivity contribution in [1.29, 1.82) is 0 Å². The summed E-state index contributed by atoms with van der Waals surface area (Å²) < 4.78 is 5.20. The summed E-state index contributed by atoms with van der Waals surface area (Å²) in [6.45, 7) is 14.7. The van der Waals surface area contributed by atoms with Crippen molar-refractivity contribution in [2.75, 3.05) is 6.54 Å². The molecule has 4 N–H and O–H groups in total. The van der Waals surface area contributed by atoms with Crippen LogP contribution in [0.2, 0.25) is 0 Å². The molecule has 3 aromatic rings. The molecule has 1 aromatic heterocycles. The molecule has 0 aliphatic rings. The molecule has 0 radical (unpaired) electrons. The van der Waals surface area contributed by atoms with Crippen LogP contribution in [-0.2, 0) is 6.42 Å². The highest BCUT2D eigenvalue weighted by atomic mass is 16.5. The molecule has 3 rings (SSSR count). The van der Waals surface area contributed by atoms with Crippen LogP contribution in [0.5, 0.6) is 0 Å². The Bertz CT molecular complexity index is 1100. The lowest BCUT2D eigenvalue weighted by molar-refractivity contribution is 0.1000. The summed E-state index contributed by atoms with van der Waals surface area (Å²) in [5, 5.41) is 3.98. The third-order valence-electron chi connectivity index (χ3n) is 5.06. The summed E-state index contributed by atoms with van der Waals surface area (Å²) in [7, 11) is 0. The normalized spacial score (nSPS) is 10.5. The van der Waals surface area contributed by atoms with E-state index in [-0.39, 0.29) is 0 Å². The van der Waals surface area contributed by atoms with Gasteiger partial charge in [0.2, 0.25) is 17.6 Å². The number of hydrogen-bond acceptors (Lipinski definition) is 5. The molecule has 2 aromatic carbocycles. The zero-order chi connectivity index (χ0) is 26.9. The molecule has 1 amide bonds. The van der Waals surface area contributed by atoms with Gasteiger partial charge in [-0.15, -0.1) is 6.58 Å². The fourth-order valence-corrected chi connectivity index (χ4v) is 3.06. The maximum atomic E-state index is 11.2. The van der Waals surface area contributed by atoms with Crippen LogP contribution in [0.3, 0.4) is 0 Å². The lowest BCUT2D eigenvalue weighted by Crippen LogP contribution is -2.21. The first-order chi connectivity index (χ1) is 17.3. The third-order valence-corrected chi connectivity index (χ3v) is 5.06. The van der Waals surface area contributed by atoms with Gasteiger partial charge in [0.1, 0.15) is 5.84 Å². The number of hydrogen-bond donors (Lipinski definition) is 2. The van der Waals surface area contributed by atoms with E-state index in [4.69, 9.17) is 16.0 Å². The number of benzene rings is 2. The molecule has 0 unspecified atom stereocenters. The summed E-state index contributed by atoms with van der Waals surface area (Å²) in [6, 6.07) is 15.1. The average molecular weight is 492 g/mol. The maximum Gasteiger partial charge on any atom is 0.249 e. The van der Waals surface area contributed by atoms with Crippen LogP contribution in [0.1, 0.15) is 80.8 Å². The van der Waals surface area contributed by atoms with Crippen molar-refractivity contribution in [1.82, 2.24) is 10.1 Å². The molecule has 0 aliphatic carbocycles. The number of aliphatic imine (C=N–C) groups is 1. The van der Waals surface area contributed by atoms with E-state index in [9.17, 15) is 4.79 Å². The number of nitrogens with two attached hydrogens (primary N) is 2. The lowest BCUT2D eigenvalue weighted by Gasteiger charge is -2.05. The number of aromatic nitrogens is 2. The highest BCUT2D eigenvalue weighted by Crippen LogP contribution is 2.17. The number of amidine groups is 1. The molecule has 194 valence electrons. The number of carbonyl (C=O) groups is 1. The van der Waals surface area contributed by atoms with Crippen molar-refractivity contribution in [2.45, 2.75) is 66.7 Å². The highest BCUT2D eigenvalue weighted by Gasteiger charge is 2.10. The number of aryl methyl sites for hydroxylation is 2. The maximum absolute atomic E-state index is 11.2. The van der Waals surface area contributed by atoms with Gasteiger partial charge < -0.3 is 16.0 Å². The molecule has 36 heavy (non-hydrogen) atoms. The Morgan fingerprint density at radius 2 is 1.67 bits per heavy atom. The Morgan fingerprint density at radius 1 is 1.03 bits per heavy atom. The number of unbranched alkanes of at least 4 members (excludes halogenated alkanes) is 2. The first-order valence-corrected chi connectivity index (χ1v) is 12.5.